The first kappa shape index (κ1) is 18.7. The van der Waals surface area contributed by atoms with Crippen molar-refractivity contribution in [3.05, 3.63) is 42.0 Å². The Labute approximate surface area is 144 Å². The number of piperidine rings is 1. The van der Waals surface area contributed by atoms with Gasteiger partial charge in [-0.25, -0.2) is 12.7 Å². The average Bonchev–Trinajstić information content (AvgIpc) is 2.61. The van der Waals surface area contributed by atoms with E-state index >= 15 is 0 Å². The van der Waals surface area contributed by atoms with Gasteiger partial charge in [0.1, 0.15) is 0 Å². The van der Waals surface area contributed by atoms with Crippen LogP contribution in [0.5, 0.6) is 0 Å². The van der Waals surface area contributed by atoms with Gasteiger partial charge in [-0.15, -0.1) is 0 Å². The predicted octanol–water partition coefficient (Wildman–Crippen LogP) is 2.41. The number of hydrogen-bond acceptors (Lipinski definition) is 3. The largest absolute Gasteiger partial charge is 0.351 e. The molecule has 1 fully saturated rings. The van der Waals surface area contributed by atoms with E-state index in [1.807, 2.05) is 37.3 Å². The number of amides is 1. The zero-order chi connectivity index (χ0) is 17.4. The number of allylic oxidation sites excluding steroid dienone is 1. The van der Waals surface area contributed by atoms with Crippen molar-refractivity contribution in [1.82, 2.24) is 9.62 Å². The van der Waals surface area contributed by atoms with Crippen molar-refractivity contribution >= 4 is 21.5 Å². The van der Waals surface area contributed by atoms with E-state index in [0.29, 0.717) is 13.1 Å². The normalized spacial score (nSPS) is 16.8. The molecule has 1 aliphatic heterocycles. The van der Waals surface area contributed by atoms with Gasteiger partial charge in [0.15, 0.2) is 0 Å². The molecule has 0 aliphatic carbocycles. The maximum absolute atomic E-state index is 12.2. The second-order valence-electron chi connectivity index (χ2n) is 5.96. The lowest BCUT2D eigenvalue weighted by atomic mass is 10.0. The highest BCUT2D eigenvalue weighted by Gasteiger charge is 2.23. The lowest BCUT2D eigenvalue weighted by molar-refractivity contribution is -0.116. The van der Waals surface area contributed by atoms with Gasteiger partial charge in [0.05, 0.1) is 5.75 Å². The van der Waals surface area contributed by atoms with Crippen LogP contribution in [0.2, 0.25) is 0 Å². The van der Waals surface area contributed by atoms with Gasteiger partial charge in [-0.3, -0.25) is 4.79 Å². The Bertz CT molecular complexity index is 663. The van der Waals surface area contributed by atoms with Crippen molar-refractivity contribution in [2.24, 2.45) is 0 Å². The lowest BCUT2D eigenvalue weighted by Gasteiger charge is -2.25. The summed E-state index contributed by atoms with van der Waals surface area (Å²) in [6, 6.07) is 9.72. The molecule has 5 nitrogen and oxygen atoms in total. The third-order valence-electron chi connectivity index (χ3n) is 4.20. The molecule has 0 aromatic heterocycles. The zero-order valence-electron chi connectivity index (χ0n) is 14.2. The summed E-state index contributed by atoms with van der Waals surface area (Å²) in [7, 11) is -3.27. The molecule has 0 unspecified atom stereocenters. The summed E-state index contributed by atoms with van der Waals surface area (Å²) in [5.74, 6) is -0.288. The SMILES string of the molecule is CC/C(=C\C(=O)NCCS(=O)(=O)N1CCCCC1)c1ccccc1. The highest BCUT2D eigenvalue weighted by atomic mass is 32.2. The molecule has 1 aliphatic rings. The maximum atomic E-state index is 12.2. The molecule has 1 amide bonds. The Morgan fingerprint density at radius 2 is 1.83 bits per heavy atom. The second-order valence-corrected chi connectivity index (χ2v) is 8.04. The predicted molar refractivity (Wildman–Crippen MR) is 96.9 cm³/mol. The van der Waals surface area contributed by atoms with Crippen molar-refractivity contribution in [1.29, 1.82) is 0 Å². The summed E-state index contributed by atoms with van der Waals surface area (Å²) in [5.41, 5.74) is 1.95. The van der Waals surface area contributed by atoms with E-state index in [2.05, 4.69) is 5.32 Å². The highest BCUT2D eigenvalue weighted by Crippen LogP contribution is 2.17. The maximum Gasteiger partial charge on any atom is 0.244 e. The van der Waals surface area contributed by atoms with Gasteiger partial charge in [0, 0.05) is 25.7 Å². The first-order valence-electron chi connectivity index (χ1n) is 8.54. The van der Waals surface area contributed by atoms with E-state index in [1.54, 1.807) is 10.4 Å². The third kappa shape index (κ3) is 5.46. The van der Waals surface area contributed by atoms with E-state index in [1.165, 1.54) is 0 Å². The van der Waals surface area contributed by atoms with Crippen LogP contribution in [0.15, 0.2) is 36.4 Å². The molecule has 1 aromatic carbocycles. The van der Waals surface area contributed by atoms with E-state index in [9.17, 15) is 13.2 Å². The van der Waals surface area contributed by atoms with Crippen LogP contribution in [-0.2, 0) is 14.8 Å². The molecule has 1 saturated heterocycles. The van der Waals surface area contributed by atoms with Gasteiger partial charge < -0.3 is 5.32 Å². The number of hydrogen-bond donors (Lipinski definition) is 1. The van der Waals surface area contributed by atoms with Crippen LogP contribution in [0, 0.1) is 0 Å². The Morgan fingerprint density at radius 3 is 2.46 bits per heavy atom. The number of carbonyl (C=O) groups excluding carboxylic acids is 1. The highest BCUT2D eigenvalue weighted by molar-refractivity contribution is 7.89. The van der Waals surface area contributed by atoms with Crippen LogP contribution in [0.1, 0.15) is 38.2 Å². The van der Waals surface area contributed by atoms with E-state index in [0.717, 1.165) is 36.8 Å². The topological polar surface area (TPSA) is 66.5 Å². The molecule has 0 saturated carbocycles. The molecule has 2 rings (SSSR count). The molecule has 1 aromatic rings. The van der Waals surface area contributed by atoms with Crippen molar-refractivity contribution in [3.8, 4) is 0 Å². The van der Waals surface area contributed by atoms with E-state index < -0.39 is 10.0 Å². The standard InChI is InChI=1S/C18H26N2O3S/c1-2-16(17-9-5-3-6-10-17)15-18(21)19-11-14-24(22,23)20-12-7-4-8-13-20/h3,5-6,9-10,15H,2,4,7-8,11-14H2,1H3,(H,19,21)/b16-15+. The molecular formula is C18H26N2O3S. The molecule has 1 N–H and O–H groups in total. The summed E-state index contributed by atoms with van der Waals surface area (Å²) in [6.45, 7) is 3.33. The fourth-order valence-corrected chi connectivity index (χ4v) is 4.26. The van der Waals surface area contributed by atoms with Crippen LogP contribution >= 0.6 is 0 Å². The second kappa shape index (κ2) is 8.99. The van der Waals surface area contributed by atoms with Gasteiger partial charge >= 0.3 is 0 Å². The molecule has 1 heterocycles. The number of nitrogens with one attached hydrogen (secondary N) is 1. The Hall–Kier alpha value is -1.66. The van der Waals surface area contributed by atoms with E-state index in [-0.39, 0.29) is 18.2 Å². The molecule has 0 radical (unpaired) electrons. The summed E-state index contributed by atoms with van der Waals surface area (Å²) >= 11 is 0. The van der Waals surface area contributed by atoms with Crippen molar-refractivity contribution in [2.75, 3.05) is 25.4 Å². The fraction of sp³-hybridized carbons (Fsp3) is 0.500. The van der Waals surface area contributed by atoms with E-state index in [4.69, 9.17) is 0 Å². The Balaban J connectivity index is 1.87. The minimum atomic E-state index is -3.27. The van der Waals surface area contributed by atoms with Crippen LogP contribution in [0.25, 0.3) is 5.57 Å². The minimum absolute atomic E-state index is 0.0423. The number of sulfonamides is 1. The number of carbonyl (C=O) groups is 1. The number of nitrogens with zero attached hydrogens (tertiary/aromatic N) is 1. The molecule has 0 spiro atoms. The Morgan fingerprint density at radius 1 is 1.17 bits per heavy atom. The molecule has 0 atom stereocenters. The first-order valence-corrected chi connectivity index (χ1v) is 10.2. The number of benzene rings is 1. The van der Waals surface area contributed by atoms with Gasteiger partial charge in [-0.05, 0) is 30.4 Å². The van der Waals surface area contributed by atoms with Crippen molar-refractivity contribution < 1.29 is 13.2 Å². The Kier molecular flexibility index (Phi) is 6.99. The van der Waals surface area contributed by atoms with Gasteiger partial charge in [0.25, 0.3) is 0 Å². The van der Waals surface area contributed by atoms with Gasteiger partial charge in [-0.1, -0.05) is 43.7 Å². The van der Waals surface area contributed by atoms with Crippen LogP contribution in [0.3, 0.4) is 0 Å². The smallest absolute Gasteiger partial charge is 0.244 e. The van der Waals surface area contributed by atoms with Crippen LogP contribution in [0.4, 0.5) is 0 Å². The summed E-state index contributed by atoms with van der Waals surface area (Å²) in [6.07, 6.45) is 5.23. The molecule has 24 heavy (non-hydrogen) atoms. The lowest BCUT2D eigenvalue weighted by Crippen LogP contribution is -2.40. The van der Waals surface area contributed by atoms with Crippen LogP contribution in [-0.4, -0.2) is 44.0 Å². The van der Waals surface area contributed by atoms with Gasteiger partial charge in [-0.2, -0.15) is 0 Å². The van der Waals surface area contributed by atoms with Crippen molar-refractivity contribution in [3.63, 3.8) is 0 Å². The fourth-order valence-electron chi connectivity index (χ4n) is 2.83. The monoisotopic (exact) mass is 350 g/mol. The molecular weight excluding hydrogens is 324 g/mol. The van der Waals surface area contributed by atoms with Crippen molar-refractivity contribution in [2.45, 2.75) is 32.6 Å². The minimum Gasteiger partial charge on any atom is -0.351 e. The van der Waals surface area contributed by atoms with Crippen LogP contribution < -0.4 is 5.32 Å². The zero-order valence-corrected chi connectivity index (χ0v) is 15.0. The third-order valence-corrected chi connectivity index (χ3v) is 6.07. The average molecular weight is 350 g/mol. The molecule has 6 heteroatoms. The summed E-state index contributed by atoms with van der Waals surface area (Å²) < 4.78 is 26.0. The first-order chi connectivity index (χ1) is 11.5. The number of rotatable bonds is 7. The van der Waals surface area contributed by atoms with Gasteiger partial charge in [0.2, 0.25) is 15.9 Å². The summed E-state index contributed by atoms with van der Waals surface area (Å²) in [4.78, 5) is 12.1. The quantitative estimate of drug-likeness (QED) is 0.768. The molecule has 0 bridgehead atoms. The summed E-state index contributed by atoms with van der Waals surface area (Å²) in [5, 5.41) is 2.69. The molecule has 132 valence electrons.